The Kier molecular flexibility index (Phi) is 4.20. The fourth-order valence-corrected chi connectivity index (χ4v) is 2.27. The highest BCUT2D eigenvalue weighted by Gasteiger charge is 2.25. The Morgan fingerprint density at radius 3 is 3.11 bits per heavy atom. The molecule has 0 radical (unpaired) electrons. The zero-order chi connectivity index (χ0) is 13.0. The number of aliphatic hydroxyl groups excluding tert-OH is 1. The van der Waals surface area contributed by atoms with Gasteiger partial charge in [0.25, 0.3) is 0 Å². The molecule has 1 aromatic carbocycles. The molecular weight excluding hydrogens is 228 g/mol. The number of hydrogen-bond acceptors (Lipinski definition) is 3. The molecule has 0 bridgehead atoms. The van der Waals surface area contributed by atoms with Gasteiger partial charge in [-0.3, -0.25) is 4.79 Å². The summed E-state index contributed by atoms with van der Waals surface area (Å²) in [5.41, 5.74) is 2.12. The van der Waals surface area contributed by atoms with Gasteiger partial charge in [0.05, 0.1) is 12.0 Å². The predicted molar refractivity (Wildman–Crippen MR) is 71.6 cm³/mol. The molecule has 2 atom stereocenters. The van der Waals surface area contributed by atoms with Gasteiger partial charge in [0, 0.05) is 18.8 Å². The van der Waals surface area contributed by atoms with Crippen LogP contribution in [0.15, 0.2) is 24.3 Å². The first-order valence-electron chi connectivity index (χ1n) is 6.47. The molecule has 4 heteroatoms. The Labute approximate surface area is 107 Å². The van der Waals surface area contributed by atoms with E-state index in [2.05, 4.69) is 10.6 Å². The lowest BCUT2D eigenvalue weighted by Crippen LogP contribution is -2.34. The summed E-state index contributed by atoms with van der Waals surface area (Å²) in [5, 5.41) is 15.4. The number of aliphatic hydroxyl groups is 1. The van der Waals surface area contributed by atoms with E-state index in [0.29, 0.717) is 13.0 Å². The molecule has 1 amide bonds. The van der Waals surface area contributed by atoms with Crippen LogP contribution in [0, 0.1) is 0 Å². The van der Waals surface area contributed by atoms with Gasteiger partial charge in [-0.25, -0.2) is 0 Å². The summed E-state index contributed by atoms with van der Waals surface area (Å²) in [6.07, 6.45) is 1.04. The van der Waals surface area contributed by atoms with E-state index in [4.69, 9.17) is 0 Å². The topological polar surface area (TPSA) is 61.4 Å². The monoisotopic (exact) mass is 248 g/mol. The van der Waals surface area contributed by atoms with Gasteiger partial charge < -0.3 is 15.7 Å². The molecule has 4 nitrogen and oxygen atoms in total. The van der Waals surface area contributed by atoms with Gasteiger partial charge in [0.1, 0.15) is 0 Å². The van der Waals surface area contributed by atoms with E-state index in [9.17, 15) is 9.90 Å². The van der Waals surface area contributed by atoms with Crippen LogP contribution in [-0.4, -0.2) is 30.2 Å². The van der Waals surface area contributed by atoms with Crippen molar-refractivity contribution < 1.29 is 9.90 Å². The molecule has 0 fully saturated rings. The lowest BCUT2D eigenvalue weighted by molar-refractivity contribution is -0.122. The Hall–Kier alpha value is -1.55. The van der Waals surface area contributed by atoms with Gasteiger partial charge in [0.15, 0.2) is 0 Å². The first kappa shape index (κ1) is 12.9. The molecule has 0 spiro atoms. The molecule has 1 heterocycles. The van der Waals surface area contributed by atoms with Gasteiger partial charge >= 0.3 is 0 Å². The van der Waals surface area contributed by atoms with Crippen LogP contribution in [0.3, 0.4) is 0 Å². The van der Waals surface area contributed by atoms with Gasteiger partial charge in [-0.1, -0.05) is 18.2 Å². The third-order valence-corrected chi connectivity index (χ3v) is 3.26. The van der Waals surface area contributed by atoms with Crippen molar-refractivity contribution in [2.75, 3.05) is 18.4 Å². The van der Waals surface area contributed by atoms with Crippen LogP contribution >= 0.6 is 0 Å². The Bertz CT molecular complexity index is 418. The maximum absolute atomic E-state index is 12.1. The molecule has 0 saturated carbocycles. The molecule has 3 N–H and O–H groups in total. The summed E-state index contributed by atoms with van der Waals surface area (Å²) in [6.45, 7) is 3.08. The van der Waals surface area contributed by atoms with Crippen molar-refractivity contribution in [2.45, 2.75) is 31.8 Å². The first-order valence-corrected chi connectivity index (χ1v) is 6.47. The summed E-state index contributed by atoms with van der Waals surface area (Å²) in [6, 6.07) is 7.94. The number of nitrogens with one attached hydrogen (secondary N) is 2. The van der Waals surface area contributed by atoms with Crippen molar-refractivity contribution in [3.8, 4) is 0 Å². The van der Waals surface area contributed by atoms with Gasteiger partial charge in [0.2, 0.25) is 5.91 Å². The molecule has 0 aromatic heterocycles. The smallest absolute Gasteiger partial charge is 0.227 e. The molecule has 1 aliphatic heterocycles. The second-order valence-electron chi connectivity index (χ2n) is 4.78. The maximum Gasteiger partial charge on any atom is 0.227 e. The standard InChI is InChI=1S/C14H20N2O2/c1-10(17)6-8-16-14(18)12-7-9-15-13-5-3-2-4-11(12)13/h2-5,10,12,15,17H,6-9H2,1H3,(H,16,18). The van der Waals surface area contributed by atoms with Crippen LogP contribution in [-0.2, 0) is 4.79 Å². The van der Waals surface area contributed by atoms with E-state index < -0.39 is 0 Å². The number of fused-ring (bicyclic) bond motifs is 1. The van der Waals surface area contributed by atoms with Gasteiger partial charge in [-0.2, -0.15) is 0 Å². The van der Waals surface area contributed by atoms with Crippen LogP contribution in [0.1, 0.15) is 31.2 Å². The number of benzene rings is 1. The van der Waals surface area contributed by atoms with E-state index in [0.717, 1.165) is 24.2 Å². The molecule has 0 aliphatic carbocycles. The van der Waals surface area contributed by atoms with Crippen molar-refractivity contribution in [1.29, 1.82) is 0 Å². The zero-order valence-electron chi connectivity index (χ0n) is 10.6. The highest BCUT2D eigenvalue weighted by molar-refractivity contribution is 5.86. The third kappa shape index (κ3) is 3.01. The third-order valence-electron chi connectivity index (χ3n) is 3.26. The Morgan fingerprint density at radius 1 is 1.56 bits per heavy atom. The molecule has 0 saturated heterocycles. The second kappa shape index (κ2) is 5.87. The number of carbonyl (C=O) groups is 1. The number of carbonyl (C=O) groups excluding carboxylic acids is 1. The average molecular weight is 248 g/mol. The summed E-state index contributed by atoms with van der Waals surface area (Å²) >= 11 is 0. The molecular formula is C14H20N2O2. The summed E-state index contributed by atoms with van der Waals surface area (Å²) in [7, 11) is 0. The summed E-state index contributed by atoms with van der Waals surface area (Å²) in [4.78, 5) is 12.1. The average Bonchev–Trinajstić information content (AvgIpc) is 2.37. The maximum atomic E-state index is 12.1. The van der Waals surface area contributed by atoms with Crippen molar-refractivity contribution in [3.05, 3.63) is 29.8 Å². The number of rotatable bonds is 4. The van der Waals surface area contributed by atoms with Crippen molar-refractivity contribution >= 4 is 11.6 Å². The predicted octanol–water partition coefficient (Wildman–Crippen LogP) is 1.47. The Morgan fingerprint density at radius 2 is 2.33 bits per heavy atom. The number of anilines is 1. The van der Waals surface area contributed by atoms with E-state index in [1.807, 2.05) is 24.3 Å². The number of para-hydroxylation sites is 1. The van der Waals surface area contributed by atoms with Crippen LogP contribution in [0.5, 0.6) is 0 Å². The van der Waals surface area contributed by atoms with Crippen LogP contribution in [0.25, 0.3) is 0 Å². The van der Waals surface area contributed by atoms with Gasteiger partial charge in [-0.05, 0) is 31.4 Å². The number of hydrogen-bond donors (Lipinski definition) is 3. The molecule has 98 valence electrons. The minimum atomic E-state index is -0.370. The highest BCUT2D eigenvalue weighted by atomic mass is 16.3. The van der Waals surface area contributed by atoms with Gasteiger partial charge in [-0.15, -0.1) is 0 Å². The minimum absolute atomic E-state index is 0.0598. The lowest BCUT2D eigenvalue weighted by atomic mass is 9.90. The summed E-state index contributed by atoms with van der Waals surface area (Å²) in [5.74, 6) is -0.0129. The first-order chi connectivity index (χ1) is 8.68. The van der Waals surface area contributed by atoms with E-state index in [1.165, 1.54) is 0 Å². The fourth-order valence-electron chi connectivity index (χ4n) is 2.27. The SMILES string of the molecule is CC(O)CCNC(=O)C1CCNc2ccccc21. The van der Waals surface area contributed by atoms with Crippen LogP contribution < -0.4 is 10.6 Å². The molecule has 2 rings (SSSR count). The fraction of sp³-hybridized carbons (Fsp3) is 0.500. The zero-order valence-corrected chi connectivity index (χ0v) is 10.6. The molecule has 1 aromatic rings. The normalized spacial score (nSPS) is 19.6. The summed E-state index contributed by atoms with van der Waals surface area (Å²) < 4.78 is 0. The van der Waals surface area contributed by atoms with Crippen LogP contribution in [0.2, 0.25) is 0 Å². The van der Waals surface area contributed by atoms with Crippen molar-refractivity contribution in [1.82, 2.24) is 5.32 Å². The Balaban J connectivity index is 1.99. The lowest BCUT2D eigenvalue weighted by Gasteiger charge is -2.25. The minimum Gasteiger partial charge on any atom is -0.393 e. The van der Waals surface area contributed by atoms with E-state index >= 15 is 0 Å². The number of amides is 1. The molecule has 2 unspecified atom stereocenters. The van der Waals surface area contributed by atoms with E-state index in [-0.39, 0.29) is 17.9 Å². The highest BCUT2D eigenvalue weighted by Crippen LogP contribution is 2.31. The van der Waals surface area contributed by atoms with Crippen LogP contribution in [0.4, 0.5) is 5.69 Å². The second-order valence-corrected chi connectivity index (χ2v) is 4.78. The van der Waals surface area contributed by atoms with Crippen molar-refractivity contribution in [2.24, 2.45) is 0 Å². The largest absolute Gasteiger partial charge is 0.393 e. The van der Waals surface area contributed by atoms with E-state index in [1.54, 1.807) is 6.92 Å². The quantitative estimate of drug-likeness (QED) is 0.756. The van der Waals surface area contributed by atoms with Crippen molar-refractivity contribution in [3.63, 3.8) is 0 Å². The molecule has 1 aliphatic rings. The molecule has 18 heavy (non-hydrogen) atoms.